The highest BCUT2D eigenvalue weighted by Crippen LogP contribution is 2.23. The molecule has 0 saturated carbocycles. The zero-order valence-electron chi connectivity index (χ0n) is 14.0. The zero-order chi connectivity index (χ0) is 17.8. The second-order valence-electron chi connectivity index (χ2n) is 5.84. The average molecular weight is 352 g/mol. The van der Waals surface area contributed by atoms with Crippen LogP contribution >= 0.6 is 11.6 Å². The molecule has 0 aliphatic carbocycles. The second-order valence-corrected chi connectivity index (χ2v) is 6.27. The first-order chi connectivity index (χ1) is 12.0. The zero-order valence-corrected chi connectivity index (χ0v) is 14.8. The standard InChI is InChI=1S/C20H18ClN3O/c1-13-3-6-15(7-4-13)20(25)23-17-9-10-19(22-12-17)24-18-11-16(21)8-5-14(18)2/h3-12H,1-2H3,(H,22,24)(H,23,25). The number of nitrogens with one attached hydrogen (secondary N) is 2. The molecule has 3 aromatic rings. The molecular weight excluding hydrogens is 334 g/mol. The number of hydrogen-bond donors (Lipinski definition) is 2. The van der Waals surface area contributed by atoms with Gasteiger partial charge in [-0.25, -0.2) is 4.98 Å². The van der Waals surface area contributed by atoms with Gasteiger partial charge in [0.15, 0.2) is 0 Å². The summed E-state index contributed by atoms with van der Waals surface area (Å²) in [6, 6.07) is 16.7. The number of carbonyl (C=O) groups excluding carboxylic acids is 1. The first kappa shape index (κ1) is 17.0. The predicted octanol–water partition coefficient (Wildman–Crippen LogP) is 5.35. The lowest BCUT2D eigenvalue weighted by atomic mass is 10.1. The van der Waals surface area contributed by atoms with Crippen molar-refractivity contribution < 1.29 is 4.79 Å². The van der Waals surface area contributed by atoms with Crippen molar-refractivity contribution in [2.45, 2.75) is 13.8 Å². The summed E-state index contributed by atoms with van der Waals surface area (Å²) in [4.78, 5) is 16.6. The molecular formula is C20H18ClN3O. The summed E-state index contributed by atoms with van der Waals surface area (Å²) >= 11 is 6.03. The van der Waals surface area contributed by atoms with Gasteiger partial charge in [-0.05, 0) is 55.8 Å². The maximum absolute atomic E-state index is 12.2. The first-order valence-electron chi connectivity index (χ1n) is 7.88. The summed E-state index contributed by atoms with van der Waals surface area (Å²) in [5, 5.41) is 6.72. The van der Waals surface area contributed by atoms with Crippen molar-refractivity contribution in [1.82, 2.24) is 4.98 Å². The lowest BCUT2D eigenvalue weighted by Crippen LogP contribution is -2.12. The van der Waals surface area contributed by atoms with Crippen molar-refractivity contribution in [2.24, 2.45) is 0 Å². The van der Waals surface area contributed by atoms with Gasteiger partial charge in [0, 0.05) is 16.3 Å². The Kier molecular flexibility index (Phi) is 5.00. The molecule has 0 fully saturated rings. The molecule has 0 spiro atoms. The van der Waals surface area contributed by atoms with Crippen LogP contribution in [0.3, 0.4) is 0 Å². The smallest absolute Gasteiger partial charge is 0.255 e. The largest absolute Gasteiger partial charge is 0.340 e. The van der Waals surface area contributed by atoms with E-state index in [4.69, 9.17) is 11.6 Å². The van der Waals surface area contributed by atoms with Crippen LogP contribution in [0.1, 0.15) is 21.5 Å². The number of anilines is 3. The van der Waals surface area contributed by atoms with Gasteiger partial charge in [-0.1, -0.05) is 35.4 Å². The van der Waals surface area contributed by atoms with E-state index in [1.807, 2.05) is 50.2 Å². The molecule has 5 heteroatoms. The van der Waals surface area contributed by atoms with Gasteiger partial charge in [0.2, 0.25) is 0 Å². The second kappa shape index (κ2) is 7.36. The van der Waals surface area contributed by atoms with Gasteiger partial charge in [0.25, 0.3) is 5.91 Å². The van der Waals surface area contributed by atoms with Gasteiger partial charge < -0.3 is 10.6 Å². The summed E-state index contributed by atoms with van der Waals surface area (Å²) in [7, 11) is 0. The summed E-state index contributed by atoms with van der Waals surface area (Å²) in [6.07, 6.45) is 1.62. The SMILES string of the molecule is Cc1ccc(C(=O)Nc2ccc(Nc3cc(Cl)ccc3C)nc2)cc1. The number of aryl methyl sites for hydroxylation is 2. The van der Waals surface area contributed by atoms with Gasteiger partial charge >= 0.3 is 0 Å². The van der Waals surface area contributed by atoms with Crippen molar-refractivity contribution in [3.63, 3.8) is 0 Å². The number of amides is 1. The number of rotatable bonds is 4. The van der Waals surface area contributed by atoms with E-state index >= 15 is 0 Å². The molecule has 1 aromatic heterocycles. The highest BCUT2D eigenvalue weighted by molar-refractivity contribution is 6.30. The molecule has 0 bridgehead atoms. The Bertz CT molecular complexity index is 890. The van der Waals surface area contributed by atoms with E-state index in [2.05, 4.69) is 15.6 Å². The number of nitrogens with zero attached hydrogens (tertiary/aromatic N) is 1. The summed E-state index contributed by atoms with van der Waals surface area (Å²) in [5.74, 6) is 0.520. The minimum atomic E-state index is -0.159. The van der Waals surface area contributed by atoms with E-state index in [1.165, 1.54) is 0 Å². The Hall–Kier alpha value is -2.85. The van der Waals surface area contributed by atoms with E-state index in [0.717, 1.165) is 16.8 Å². The number of carbonyl (C=O) groups is 1. The van der Waals surface area contributed by atoms with Crippen LogP contribution in [0.15, 0.2) is 60.8 Å². The minimum absolute atomic E-state index is 0.159. The first-order valence-corrected chi connectivity index (χ1v) is 8.26. The average Bonchev–Trinajstić information content (AvgIpc) is 2.60. The topological polar surface area (TPSA) is 54.0 Å². The predicted molar refractivity (Wildman–Crippen MR) is 103 cm³/mol. The molecule has 0 aliphatic heterocycles. The highest BCUT2D eigenvalue weighted by atomic mass is 35.5. The highest BCUT2D eigenvalue weighted by Gasteiger charge is 2.06. The van der Waals surface area contributed by atoms with Gasteiger partial charge in [-0.3, -0.25) is 4.79 Å². The number of halogens is 1. The normalized spacial score (nSPS) is 10.4. The molecule has 126 valence electrons. The molecule has 1 amide bonds. The van der Waals surface area contributed by atoms with Crippen molar-refractivity contribution in [1.29, 1.82) is 0 Å². The number of hydrogen-bond acceptors (Lipinski definition) is 3. The molecule has 25 heavy (non-hydrogen) atoms. The summed E-state index contributed by atoms with van der Waals surface area (Å²) < 4.78 is 0. The van der Waals surface area contributed by atoms with Gasteiger partial charge in [-0.15, -0.1) is 0 Å². The quantitative estimate of drug-likeness (QED) is 0.666. The van der Waals surface area contributed by atoms with E-state index in [9.17, 15) is 4.79 Å². The number of benzene rings is 2. The van der Waals surface area contributed by atoms with E-state index in [0.29, 0.717) is 22.1 Å². The maximum Gasteiger partial charge on any atom is 0.255 e. The van der Waals surface area contributed by atoms with Crippen LogP contribution in [0.25, 0.3) is 0 Å². The van der Waals surface area contributed by atoms with Crippen molar-refractivity contribution >= 4 is 34.7 Å². The van der Waals surface area contributed by atoms with Gasteiger partial charge in [0.05, 0.1) is 11.9 Å². The molecule has 0 aliphatic rings. The van der Waals surface area contributed by atoms with Gasteiger partial charge in [0.1, 0.15) is 5.82 Å². The summed E-state index contributed by atoms with van der Waals surface area (Å²) in [5.41, 5.74) is 4.34. The van der Waals surface area contributed by atoms with Gasteiger partial charge in [-0.2, -0.15) is 0 Å². The molecule has 0 atom stereocenters. The third kappa shape index (κ3) is 4.37. The fourth-order valence-electron chi connectivity index (χ4n) is 2.32. The van der Waals surface area contributed by atoms with Crippen LogP contribution < -0.4 is 10.6 Å². The molecule has 0 saturated heterocycles. The minimum Gasteiger partial charge on any atom is -0.340 e. The van der Waals surface area contributed by atoms with Crippen LogP contribution in [0.2, 0.25) is 5.02 Å². The van der Waals surface area contributed by atoms with Crippen molar-refractivity contribution in [3.8, 4) is 0 Å². The molecule has 2 aromatic carbocycles. The molecule has 2 N–H and O–H groups in total. The lowest BCUT2D eigenvalue weighted by Gasteiger charge is -2.10. The Morgan fingerprint density at radius 3 is 2.44 bits per heavy atom. The Morgan fingerprint density at radius 2 is 1.76 bits per heavy atom. The van der Waals surface area contributed by atoms with Crippen LogP contribution in [-0.2, 0) is 0 Å². The fourth-order valence-corrected chi connectivity index (χ4v) is 2.49. The number of pyridine rings is 1. The molecule has 4 nitrogen and oxygen atoms in total. The summed E-state index contributed by atoms with van der Waals surface area (Å²) in [6.45, 7) is 3.98. The molecule has 3 rings (SSSR count). The third-order valence-corrected chi connectivity index (χ3v) is 4.03. The van der Waals surface area contributed by atoms with E-state index in [-0.39, 0.29) is 5.91 Å². The van der Waals surface area contributed by atoms with Crippen molar-refractivity contribution in [2.75, 3.05) is 10.6 Å². The molecule has 0 unspecified atom stereocenters. The third-order valence-electron chi connectivity index (χ3n) is 3.80. The van der Waals surface area contributed by atoms with Crippen molar-refractivity contribution in [3.05, 3.63) is 82.5 Å². The fraction of sp³-hybridized carbons (Fsp3) is 0.100. The van der Waals surface area contributed by atoms with E-state index < -0.39 is 0 Å². The monoisotopic (exact) mass is 351 g/mol. The Balaban J connectivity index is 1.68. The molecule has 0 radical (unpaired) electrons. The van der Waals surface area contributed by atoms with Crippen LogP contribution in [0, 0.1) is 13.8 Å². The van der Waals surface area contributed by atoms with E-state index in [1.54, 1.807) is 24.4 Å². The van der Waals surface area contributed by atoms with Crippen LogP contribution in [0.4, 0.5) is 17.2 Å². The van der Waals surface area contributed by atoms with Crippen LogP contribution in [0.5, 0.6) is 0 Å². The van der Waals surface area contributed by atoms with Crippen LogP contribution in [-0.4, -0.2) is 10.9 Å². The lowest BCUT2D eigenvalue weighted by molar-refractivity contribution is 0.102. The Morgan fingerprint density at radius 1 is 1.00 bits per heavy atom. The maximum atomic E-state index is 12.2. The Labute approximate surface area is 151 Å². The number of aromatic nitrogens is 1. The molecule has 1 heterocycles.